The third-order valence-corrected chi connectivity index (χ3v) is 3.16. The number of pyridine rings is 1. The van der Waals surface area contributed by atoms with E-state index in [1.165, 1.54) is 30.5 Å². The maximum absolute atomic E-state index is 9.10. The maximum atomic E-state index is 9.10. The first-order chi connectivity index (χ1) is 7.33. The Morgan fingerprint density at radius 1 is 1.53 bits per heavy atom. The number of aryl methyl sites for hydroxylation is 1. The Hall–Kier alpha value is -1.09. The normalized spacial score (nSPS) is 16.1. The van der Waals surface area contributed by atoms with Crippen LogP contribution in [0.25, 0.3) is 0 Å². The smallest absolute Gasteiger partial charge is 0.0606 e. The van der Waals surface area contributed by atoms with Gasteiger partial charge in [-0.05, 0) is 37.8 Å². The molecule has 3 nitrogen and oxygen atoms in total. The second-order valence-corrected chi connectivity index (χ2v) is 4.16. The topological polar surface area (TPSA) is 36.4 Å². The van der Waals surface area contributed by atoms with Gasteiger partial charge in [0.25, 0.3) is 0 Å². The first kappa shape index (κ1) is 10.4. The molecular formula is C12H18N2O. The summed E-state index contributed by atoms with van der Waals surface area (Å²) in [5.74, 6) is 0. The van der Waals surface area contributed by atoms with E-state index in [4.69, 9.17) is 5.11 Å². The lowest BCUT2D eigenvalue weighted by Gasteiger charge is -2.39. The molecule has 0 amide bonds. The van der Waals surface area contributed by atoms with Crippen LogP contribution in [-0.2, 0) is 0 Å². The van der Waals surface area contributed by atoms with Gasteiger partial charge >= 0.3 is 0 Å². The van der Waals surface area contributed by atoms with Crippen molar-refractivity contribution in [1.82, 2.24) is 4.98 Å². The first-order valence-corrected chi connectivity index (χ1v) is 5.61. The Balaban J connectivity index is 2.19. The molecule has 1 aromatic rings. The van der Waals surface area contributed by atoms with Gasteiger partial charge in [-0.1, -0.05) is 0 Å². The number of hydrogen-bond donors (Lipinski definition) is 1. The van der Waals surface area contributed by atoms with Crippen molar-refractivity contribution in [3.05, 3.63) is 24.0 Å². The maximum Gasteiger partial charge on any atom is 0.0606 e. The summed E-state index contributed by atoms with van der Waals surface area (Å²) in [7, 11) is 0. The minimum atomic E-state index is 0.220. The fourth-order valence-electron chi connectivity index (χ4n) is 2.09. The number of aliphatic hydroxyl groups excluding tert-OH is 1. The lowest BCUT2D eigenvalue weighted by molar-refractivity contribution is 0.283. The van der Waals surface area contributed by atoms with Gasteiger partial charge in [0.15, 0.2) is 0 Å². The molecular weight excluding hydrogens is 188 g/mol. The Bertz CT molecular complexity index is 323. The zero-order chi connectivity index (χ0) is 10.7. The van der Waals surface area contributed by atoms with Crippen LogP contribution in [0.15, 0.2) is 18.5 Å². The van der Waals surface area contributed by atoms with Crippen LogP contribution >= 0.6 is 0 Å². The molecule has 0 aliphatic heterocycles. The summed E-state index contributed by atoms with van der Waals surface area (Å²) in [6.45, 7) is 3.03. The number of aromatic nitrogens is 1. The predicted molar refractivity (Wildman–Crippen MR) is 61.0 cm³/mol. The second kappa shape index (κ2) is 4.62. The van der Waals surface area contributed by atoms with Crippen molar-refractivity contribution in [2.45, 2.75) is 32.2 Å². The van der Waals surface area contributed by atoms with E-state index < -0.39 is 0 Å². The van der Waals surface area contributed by atoms with Crippen LogP contribution in [0.2, 0.25) is 0 Å². The number of anilines is 1. The van der Waals surface area contributed by atoms with Crippen LogP contribution in [0.5, 0.6) is 0 Å². The van der Waals surface area contributed by atoms with Crippen LogP contribution in [0.3, 0.4) is 0 Å². The molecule has 0 spiro atoms. The summed E-state index contributed by atoms with van der Waals surface area (Å²) in [6, 6.07) is 2.67. The van der Waals surface area contributed by atoms with Gasteiger partial charge in [0.05, 0.1) is 6.61 Å². The summed E-state index contributed by atoms with van der Waals surface area (Å²) in [4.78, 5) is 6.42. The number of rotatable bonds is 4. The molecule has 0 atom stereocenters. The van der Waals surface area contributed by atoms with Crippen molar-refractivity contribution >= 4 is 5.69 Å². The van der Waals surface area contributed by atoms with Gasteiger partial charge in [0, 0.05) is 30.7 Å². The zero-order valence-corrected chi connectivity index (χ0v) is 9.19. The van der Waals surface area contributed by atoms with Gasteiger partial charge in [-0.25, -0.2) is 0 Å². The van der Waals surface area contributed by atoms with Crippen molar-refractivity contribution in [1.29, 1.82) is 0 Å². The van der Waals surface area contributed by atoms with Gasteiger partial charge in [-0.3, -0.25) is 4.98 Å². The third-order valence-electron chi connectivity index (χ3n) is 3.16. The fourth-order valence-corrected chi connectivity index (χ4v) is 2.09. The van der Waals surface area contributed by atoms with Gasteiger partial charge in [-0.2, -0.15) is 0 Å². The van der Waals surface area contributed by atoms with Crippen molar-refractivity contribution in [3.63, 3.8) is 0 Å². The van der Waals surface area contributed by atoms with E-state index in [1.807, 2.05) is 18.5 Å². The fraction of sp³-hybridized carbons (Fsp3) is 0.583. The van der Waals surface area contributed by atoms with E-state index in [2.05, 4.69) is 16.8 Å². The van der Waals surface area contributed by atoms with Gasteiger partial charge < -0.3 is 10.0 Å². The minimum Gasteiger partial charge on any atom is -0.395 e. The molecule has 82 valence electrons. The largest absolute Gasteiger partial charge is 0.395 e. The number of aliphatic hydroxyl groups is 1. The van der Waals surface area contributed by atoms with Crippen LogP contribution in [0, 0.1) is 6.92 Å². The molecule has 1 N–H and O–H groups in total. The highest BCUT2D eigenvalue weighted by Crippen LogP contribution is 2.30. The second-order valence-electron chi connectivity index (χ2n) is 4.16. The van der Waals surface area contributed by atoms with E-state index in [0.717, 1.165) is 6.54 Å². The van der Waals surface area contributed by atoms with Crippen molar-refractivity contribution in [2.24, 2.45) is 0 Å². The SMILES string of the molecule is Cc1cnccc1N(CCO)C1CCC1. The summed E-state index contributed by atoms with van der Waals surface area (Å²) >= 11 is 0. The monoisotopic (exact) mass is 206 g/mol. The number of nitrogens with zero attached hydrogens (tertiary/aromatic N) is 2. The Morgan fingerprint density at radius 2 is 2.33 bits per heavy atom. The molecule has 1 aliphatic rings. The van der Waals surface area contributed by atoms with Crippen molar-refractivity contribution < 1.29 is 5.11 Å². The van der Waals surface area contributed by atoms with E-state index in [0.29, 0.717) is 6.04 Å². The quantitative estimate of drug-likeness (QED) is 0.815. The summed E-state index contributed by atoms with van der Waals surface area (Å²) in [5, 5.41) is 9.10. The highest BCUT2D eigenvalue weighted by atomic mass is 16.3. The summed E-state index contributed by atoms with van der Waals surface area (Å²) < 4.78 is 0. The Morgan fingerprint density at radius 3 is 2.87 bits per heavy atom. The van der Waals surface area contributed by atoms with E-state index in [9.17, 15) is 0 Å². The standard InChI is InChI=1S/C12H18N2O/c1-10-9-13-6-5-12(10)14(7-8-15)11-3-2-4-11/h5-6,9,11,15H,2-4,7-8H2,1H3. The van der Waals surface area contributed by atoms with Crippen LogP contribution in [0.1, 0.15) is 24.8 Å². The average molecular weight is 206 g/mol. The molecule has 15 heavy (non-hydrogen) atoms. The van der Waals surface area contributed by atoms with Gasteiger partial charge in [0.1, 0.15) is 0 Å². The molecule has 0 aromatic carbocycles. The highest BCUT2D eigenvalue weighted by Gasteiger charge is 2.25. The molecule has 0 saturated heterocycles. The van der Waals surface area contributed by atoms with Gasteiger partial charge in [-0.15, -0.1) is 0 Å². The number of hydrogen-bond acceptors (Lipinski definition) is 3. The molecule has 2 rings (SSSR count). The molecule has 1 saturated carbocycles. The van der Waals surface area contributed by atoms with Crippen molar-refractivity contribution in [3.8, 4) is 0 Å². The Labute approximate surface area is 90.8 Å². The predicted octanol–water partition coefficient (Wildman–Crippen LogP) is 1.74. The molecule has 1 fully saturated rings. The summed E-state index contributed by atoms with van der Waals surface area (Å²) in [6.07, 6.45) is 7.53. The van der Waals surface area contributed by atoms with Crippen molar-refractivity contribution in [2.75, 3.05) is 18.1 Å². The van der Waals surface area contributed by atoms with Crippen LogP contribution in [0.4, 0.5) is 5.69 Å². The third kappa shape index (κ3) is 2.12. The van der Waals surface area contributed by atoms with E-state index in [1.54, 1.807) is 0 Å². The lowest BCUT2D eigenvalue weighted by atomic mass is 9.91. The lowest BCUT2D eigenvalue weighted by Crippen LogP contribution is -2.42. The Kier molecular flexibility index (Phi) is 3.21. The van der Waals surface area contributed by atoms with Gasteiger partial charge in [0.2, 0.25) is 0 Å². The highest BCUT2D eigenvalue weighted by molar-refractivity contribution is 5.52. The molecule has 1 aliphatic carbocycles. The zero-order valence-electron chi connectivity index (χ0n) is 9.19. The molecule has 3 heteroatoms. The average Bonchev–Trinajstić information content (AvgIpc) is 2.15. The minimum absolute atomic E-state index is 0.220. The van der Waals surface area contributed by atoms with E-state index >= 15 is 0 Å². The molecule has 0 radical (unpaired) electrons. The molecule has 1 heterocycles. The molecule has 0 unspecified atom stereocenters. The van der Waals surface area contributed by atoms with Crippen LogP contribution in [-0.4, -0.2) is 29.3 Å². The van der Waals surface area contributed by atoms with E-state index in [-0.39, 0.29) is 6.61 Å². The van der Waals surface area contributed by atoms with Crippen LogP contribution < -0.4 is 4.90 Å². The molecule has 1 aromatic heterocycles. The summed E-state index contributed by atoms with van der Waals surface area (Å²) in [5.41, 5.74) is 2.42. The molecule has 0 bridgehead atoms. The first-order valence-electron chi connectivity index (χ1n) is 5.61.